The van der Waals surface area contributed by atoms with Gasteiger partial charge in [-0.2, -0.15) is 0 Å². The van der Waals surface area contributed by atoms with E-state index in [-0.39, 0.29) is 21.3 Å². The highest BCUT2D eigenvalue weighted by atomic mass is 35.5. The predicted octanol–water partition coefficient (Wildman–Crippen LogP) is 2.95. The first-order valence-electron chi connectivity index (χ1n) is 6.64. The standard InChI is InChI=1S/C14H13ClF3N3O2S/c1-21-7-9(24(23)19-6-13(17)18)5-12(21)14(22)20-8-2-3-11(16)10(15)4-8/h2-5,7,13,19H,6H2,1H3,(H,20,22). The van der Waals surface area contributed by atoms with Crippen molar-refractivity contribution in [1.82, 2.24) is 9.29 Å². The number of hydrogen-bond acceptors (Lipinski definition) is 3. The van der Waals surface area contributed by atoms with Crippen LogP contribution in [0.4, 0.5) is 18.9 Å². The summed E-state index contributed by atoms with van der Waals surface area (Å²) in [7, 11) is 1.54. The van der Waals surface area contributed by atoms with Crippen LogP contribution >= 0.6 is 11.6 Å². The molecule has 0 aliphatic rings. The molecule has 2 rings (SSSR count). The van der Waals surface area contributed by atoms with Gasteiger partial charge in [0.2, 0.25) is 0 Å². The molecule has 0 aliphatic heterocycles. The fourth-order valence-electron chi connectivity index (χ4n) is 1.85. The van der Waals surface area contributed by atoms with Gasteiger partial charge in [-0.15, -0.1) is 4.72 Å². The molecule has 24 heavy (non-hydrogen) atoms. The first-order valence-corrected chi connectivity index (χ1v) is 8.17. The Kier molecular flexibility index (Phi) is 6.16. The van der Waals surface area contributed by atoms with Gasteiger partial charge in [-0.05, 0) is 18.2 Å². The third kappa shape index (κ3) is 4.67. The smallest absolute Gasteiger partial charge is 0.272 e. The molecule has 0 radical (unpaired) electrons. The van der Waals surface area contributed by atoms with Gasteiger partial charge in [-0.1, -0.05) is 11.6 Å². The van der Waals surface area contributed by atoms with Crippen molar-refractivity contribution in [3.63, 3.8) is 0 Å². The van der Waals surface area contributed by atoms with E-state index in [0.29, 0.717) is 0 Å². The number of nitrogens with zero attached hydrogens (tertiary/aromatic N) is 1. The van der Waals surface area contributed by atoms with E-state index in [9.17, 15) is 22.5 Å². The zero-order valence-corrected chi connectivity index (χ0v) is 13.9. The highest BCUT2D eigenvalue weighted by Crippen LogP contribution is 2.21. The molecule has 1 aromatic heterocycles. The zero-order valence-electron chi connectivity index (χ0n) is 12.4. The van der Waals surface area contributed by atoms with Crippen molar-refractivity contribution in [1.29, 1.82) is 0 Å². The Labute approximate surface area is 144 Å². The second kappa shape index (κ2) is 7.93. The van der Waals surface area contributed by atoms with Crippen molar-refractivity contribution in [3.05, 3.63) is 47.0 Å². The minimum atomic E-state index is -2.64. The largest absolute Gasteiger partial charge is 0.593 e. The van der Waals surface area contributed by atoms with Crippen molar-refractivity contribution in [2.24, 2.45) is 7.05 Å². The van der Waals surface area contributed by atoms with E-state index >= 15 is 0 Å². The number of anilines is 1. The summed E-state index contributed by atoms with van der Waals surface area (Å²) in [5, 5.41) is 2.38. The molecule has 0 bridgehead atoms. The van der Waals surface area contributed by atoms with Crippen LogP contribution in [-0.4, -0.2) is 28.0 Å². The maximum absolute atomic E-state index is 13.1. The van der Waals surface area contributed by atoms with Gasteiger partial charge in [0.25, 0.3) is 12.3 Å². The van der Waals surface area contributed by atoms with Crippen LogP contribution in [0.25, 0.3) is 0 Å². The SMILES string of the molecule is Cn1cc([S+]([O-])NCC(F)F)cc1C(=O)Nc1ccc(F)c(Cl)c1. The number of alkyl halides is 2. The maximum Gasteiger partial charge on any atom is 0.272 e. The lowest BCUT2D eigenvalue weighted by atomic mass is 10.3. The van der Waals surface area contributed by atoms with Crippen LogP contribution in [0.2, 0.25) is 5.02 Å². The van der Waals surface area contributed by atoms with Crippen LogP contribution in [0, 0.1) is 5.82 Å². The number of aromatic nitrogens is 1. The van der Waals surface area contributed by atoms with Crippen molar-refractivity contribution in [3.8, 4) is 0 Å². The molecule has 1 unspecified atom stereocenters. The average molecular weight is 380 g/mol. The topological polar surface area (TPSA) is 69.1 Å². The fourth-order valence-corrected chi connectivity index (χ4v) is 2.95. The molecule has 0 aliphatic carbocycles. The molecule has 1 amide bonds. The molecule has 5 nitrogen and oxygen atoms in total. The molecular weight excluding hydrogens is 367 g/mol. The Morgan fingerprint density at radius 2 is 2.12 bits per heavy atom. The third-order valence-electron chi connectivity index (χ3n) is 2.97. The molecule has 0 spiro atoms. The second-order valence-electron chi connectivity index (χ2n) is 4.76. The van der Waals surface area contributed by atoms with Crippen molar-refractivity contribution >= 4 is 34.6 Å². The van der Waals surface area contributed by atoms with Crippen molar-refractivity contribution < 1.29 is 22.5 Å². The van der Waals surface area contributed by atoms with E-state index < -0.39 is 36.1 Å². The Balaban J connectivity index is 2.10. The normalized spacial score (nSPS) is 12.5. The summed E-state index contributed by atoms with van der Waals surface area (Å²) in [6, 6.07) is 5.01. The second-order valence-corrected chi connectivity index (χ2v) is 6.47. The lowest BCUT2D eigenvalue weighted by Crippen LogP contribution is -2.28. The first-order chi connectivity index (χ1) is 11.3. The Morgan fingerprint density at radius 1 is 1.42 bits per heavy atom. The van der Waals surface area contributed by atoms with Gasteiger partial charge in [-0.3, -0.25) is 4.79 Å². The van der Waals surface area contributed by atoms with Crippen LogP contribution in [-0.2, 0) is 18.4 Å². The fraction of sp³-hybridized carbons (Fsp3) is 0.214. The number of amides is 1. The van der Waals surface area contributed by atoms with E-state index in [2.05, 4.69) is 10.0 Å². The molecular formula is C14H13ClF3N3O2S. The first kappa shape index (κ1) is 18.7. The zero-order chi connectivity index (χ0) is 17.9. The van der Waals surface area contributed by atoms with Gasteiger partial charge in [-0.25, -0.2) is 13.2 Å². The van der Waals surface area contributed by atoms with Gasteiger partial charge in [0, 0.05) is 18.8 Å². The number of benzene rings is 1. The molecule has 0 saturated carbocycles. The molecule has 1 heterocycles. The molecule has 10 heteroatoms. The predicted molar refractivity (Wildman–Crippen MR) is 85.2 cm³/mol. The van der Waals surface area contributed by atoms with E-state index in [1.165, 1.54) is 29.0 Å². The Morgan fingerprint density at radius 3 is 2.75 bits per heavy atom. The number of aryl methyl sites for hydroxylation is 1. The highest BCUT2D eigenvalue weighted by molar-refractivity contribution is 7.89. The average Bonchev–Trinajstić information content (AvgIpc) is 2.90. The van der Waals surface area contributed by atoms with E-state index in [4.69, 9.17) is 11.6 Å². The van der Waals surface area contributed by atoms with Crippen LogP contribution in [0.3, 0.4) is 0 Å². The van der Waals surface area contributed by atoms with Crippen molar-refractivity contribution in [2.75, 3.05) is 11.9 Å². The van der Waals surface area contributed by atoms with Crippen LogP contribution < -0.4 is 10.0 Å². The van der Waals surface area contributed by atoms with Gasteiger partial charge in [0.1, 0.15) is 18.1 Å². The van der Waals surface area contributed by atoms with Gasteiger partial charge < -0.3 is 14.4 Å². The summed E-state index contributed by atoms with van der Waals surface area (Å²) >= 11 is 3.77. The van der Waals surface area contributed by atoms with E-state index in [1.807, 2.05) is 0 Å². The number of halogens is 4. The molecule has 1 atom stereocenters. The lowest BCUT2D eigenvalue weighted by Gasteiger charge is -2.07. The lowest BCUT2D eigenvalue weighted by molar-refractivity contribution is 0.101. The third-order valence-corrected chi connectivity index (χ3v) is 4.34. The maximum atomic E-state index is 13.1. The van der Waals surface area contributed by atoms with E-state index in [0.717, 1.165) is 6.07 Å². The summed E-state index contributed by atoms with van der Waals surface area (Å²) in [5.41, 5.74) is 0.434. The number of carbonyl (C=O) groups is 1. The van der Waals surface area contributed by atoms with Crippen LogP contribution in [0.5, 0.6) is 0 Å². The molecule has 130 valence electrons. The number of rotatable bonds is 6. The van der Waals surface area contributed by atoms with Crippen LogP contribution in [0.1, 0.15) is 10.5 Å². The van der Waals surface area contributed by atoms with E-state index in [1.54, 1.807) is 7.05 Å². The Hall–Kier alpha value is -1.68. The molecule has 1 aromatic carbocycles. The summed E-state index contributed by atoms with van der Waals surface area (Å²) in [6.45, 7) is -0.725. The molecule has 2 aromatic rings. The minimum absolute atomic E-state index is 0.141. The molecule has 0 saturated heterocycles. The number of hydrogen-bond donors (Lipinski definition) is 2. The minimum Gasteiger partial charge on any atom is -0.593 e. The van der Waals surface area contributed by atoms with Gasteiger partial charge in [0.05, 0.1) is 22.6 Å². The molecule has 2 N–H and O–H groups in total. The molecule has 0 fully saturated rings. The number of carbonyl (C=O) groups excluding carboxylic acids is 1. The quantitative estimate of drug-likeness (QED) is 0.758. The monoisotopic (exact) mass is 379 g/mol. The summed E-state index contributed by atoms with van der Waals surface area (Å²) in [5.74, 6) is -1.16. The van der Waals surface area contributed by atoms with Crippen LogP contribution in [0.15, 0.2) is 35.4 Å². The summed E-state index contributed by atoms with van der Waals surface area (Å²) in [4.78, 5) is 12.4. The van der Waals surface area contributed by atoms with Gasteiger partial charge >= 0.3 is 0 Å². The number of nitrogens with one attached hydrogen (secondary N) is 2. The summed E-state index contributed by atoms with van der Waals surface area (Å²) < 4.78 is 52.7. The Bertz CT molecular complexity index is 742. The highest BCUT2D eigenvalue weighted by Gasteiger charge is 2.21. The summed E-state index contributed by atoms with van der Waals surface area (Å²) in [6.07, 6.45) is -1.25. The van der Waals surface area contributed by atoms with Gasteiger partial charge in [0.15, 0.2) is 4.90 Å². The van der Waals surface area contributed by atoms with Crippen molar-refractivity contribution in [2.45, 2.75) is 11.3 Å².